The molecule has 0 spiro atoms. The first kappa shape index (κ1) is 14.3. The van der Waals surface area contributed by atoms with Crippen molar-refractivity contribution in [2.45, 2.75) is 39.7 Å². The van der Waals surface area contributed by atoms with Crippen molar-refractivity contribution in [3.8, 4) is 0 Å². The van der Waals surface area contributed by atoms with Gasteiger partial charge in [0.1, 0.15) is 5.82 Å². The van der Waals surface area contributed by atoms with Gasteiger partial charge in [-0.2, -0.15) is 0 Å². The predicted octanol–water partition coefficient (Wildman–Crippen LogP) is 3.56. The molecule has 2 nitrogen and oxygen atoms in total. The van der Waals surface area contributed by atoms with Crippen LogP contribution in [-0.4, -0.2) is 19.6 Å². The molecule has 0 saturated carbocycles. The third-order valence-corrected chi connectivity index (χ3v) is 4.03. The van der Waals surface area contributed by atoms with E-state index in [1.54, 1.807) is 6.07 Å². The molecule has 1 aliphatic heterocycles. The van der Waals surface area contributed by atoms with Crippen LogP contribution in [0.1, 0.15) is 38.7 Å². The van der Waals surface area contributed by atoms with Gasteiger partial charge < -0.3 is 10.2 Å². The molecule has 2 rings (SSSR count). The van der Waals surface area contributed by atoms with E-state index < -0.39 is 0 Å². The van der Waals surface area contributed by atoms with Crippen LogP contribution in [0.5, 0.6) is 0 Å². The molecule has 3 heteroatoms. The molecule has 0 radical (unpaired) electrons. The van der Waals surface area contributed by atoms with Crippen LogP contribution in [0.3, 0.4) is 0 Å². The molecule has 1 atom stereocenters. The van der Waals surface area contributed by atoms with Crippen LogP contribution in [0, 0.1) is 11.7 Å². The summed E-state index contributed by atoms with van der Waals surface area (Å²) in [6.45, 7) is 7.92. The average molecular weight is 264 g/mol. The lowest BCUT2D eigenvalue weighted by atomic mass is 9.95. The number of hydrogen-bond acceptors (Lipinski definition) is 2. The fraction of sp³-hybridized carbons (Fsp3) is 0.625. The normalized spacial score (nSPS) is 19.7. The lowest BCUT2D eigenvalue weighted by Gasteiger charge is -2.34. The molecular formula is C16H25FN2. The predicted molar refractivity (Wildman–Crippen MR) is 79.0 cm³/mol. The Balaban J connectivity index is 2.07. The van der Waals surface area contributed by atoms with E-state index in [0.717, 1.165) is 43.3 Å². The monoisotopic (exact) mass is 264 g/mol. The maximum atomic E-state index is 14.2. The summed E-state index contributed by atoms with van der Waals surface area (Å²) in [5.41, 5.74) is 1.80. The van der Waals surface area contributed by atoms with Gasteiger partial charge in [0.15, 0.2) is 0 Å². The van der Waals surface area contributed by atoms with Gasteiger partial charge in [0.05, 0.1) is 5.69 Å². The van der Waals surface area contributed by atoms with Crippen molar-refractivity contribution < 1.29 is 4.39 Å². The van der Waals surface area contributed by atoms with Gasteiger partial charge in [0.2, 0.25) is 0 Å². The Kier molecular flexibility index (Phi) is 5.20. The Hall–Kier alpha value is -1.09. The molecule has 1 fully saturated rings. The largest absolute Gasteiger partial charge is 0.369 e. The van der Waals surface area contributed by atoms with Crippen molar-refractivity contribution in [2.24, 2.45) is 5.92 Å². The first-order valence-corrected chi connectivity index (χ1v) is 7.48. The minimum atomic E-state index is -0.0767. The number of nitrogens with one attached hydrogen (secondary N) is 1. The van der Waals surface area contributed by atoms with Crippen LogP contribution < -0.4 is 10.2 Å². The fourth-order valence-corrected chi connectivity index (χ4v) is 2.80. The quantitative estimate of drug-likeness (QED) is 0.874. The Morgan fingerprint density at radius 1 is 1.37 bits per heavy atom. The zero-order chi connectivity index (χ0) is 13.7. The van der Waals surface area contributed by atoms with E-state index in [9.17, 15) is 4.39 Å². The molecule has 0 aromatic heterocycles. The third kappa shape index (κ3) is 3.69. The fourth-order valence-electron chi connectivity index (χ4n) is 2.80. The van der Waals surface area contributed by atoms with E-state index >= 15 is 0 Å². The second-order valence-electron chi connectivity index (χ2n) is 5.43. The third-order valence-electron chi connectivity index (χ3n) is 4.03. The van der Waals surface area contributed by atoms with E-state index in [1.807, 2.05) is 12.1 Å². The number of hydrogen-bond donors (Lipinski definition) is 1. The van der Waals surface area contributed by atoms with Crippen LogP contribution >= 0.6 is 0 Å². The molecule has 1 N–H and O–H groups in total. The number of benzene rings is 1. The number of piperidine rings is 1. The van der Waals surface area contributed by atoms with E-state index in [0.29, 0.717) is 0 Å². The van der Waals surface area contributed by atoms with Gasteiger partial charge in [0, 0.05) is 19.6 Å². The Morgan fingerprint density at radius 2 is 2.21 bits per heavy atom. The van der Waals surface area contributed by atoms with Crippen LogP contribution in [0.2, 0.25) is 0 Å². The second kappa shape index (κ2) is 6.90. The number of rotatable bonds is 5. The zero-order valence-electron chi connectivity index (χ0n) is 12.1. The standard InChI is InChI=1S/C16H25FN2/c1-3-13-6-5-9-19(12-13)16-8-7-14(10-15(16)17)11-18-4-2/h7-8,10,13,18H,3-6,9,11-12H2,1-2H3. The summed E-state index contributed by atoms with van der Waals surface area (Å²) in [5.74, 6) is 0.641. The van der Waals surface area contributed by atoms with Crippen molar-refractivity contribution in [3.05, 3.63) is 29.6 Å². The summed E-state index contributed by atoms with van der Waals surface area (Å²) in [7, 11) is 0. The topological polar surface area (TPSA) is 15.3 Å². The van der Waals surface area contributed by atoms with Crippen LogP contribution in [-0.2, 0) is 6.54 Å². The molecule has 0 amide bonds. The van der Waals surface area contributed by atoms with E-state index in [-0.39, 0.29) is 5.82 Å². The molecule has 1 aliphatic rings. The summed E-state index contributed by atoms with van der Waals surface area (Å²) in [6.07, 6.45) is 3.65. The lowest BCUT2D eigenvalue weighted by molar-refractivity contribution is 0.401. The van der Waals surface area contributed by atoms with Crippen molar-refractivity contribution in [1.82, 2.24) is 5.32 Å². The van der Waals surface area contributed by atoms with Gasteiger partial charge in [-0.15, -0.1) is 0 Å². The van der Waals surface area contributed by atoms with Crippen molar-refractivity contribution in [2.75, 3.05) is 24.5 Å². The second-order valence-corrected chi connectivity index (χ2v) is 5.43. The molecule has 1 aromatic carbocycles. The molecule has 1 heterocycles. The highest BCUT2D eigenvalue weighted by atomic mass is 19.1. The summed E-state index contributed by atoms with van der Waals surface area (Å²) >= 11 is 0. The summed E-state index contributed by atoms with van der Waals surface area (Å²) < 4.78 is 14.2. The van der Waals surface area contributed by atoms with Gasteiger partial charge >= 0.3 is 0 Å². The molecule has 0 aliphatic carbocycles. The van der Waals surface area contributed by atoms with Gasteiger partial charge in [-0.1, -0.05) is 26.3 Å². The number of anilines is 1. The van der Waals surface area contributed by atoms with Gasteiger partial charge in [-0.3, -0.25) is 0 Å². The van der Waals surface area contributed by atoms with Gasteiger partial charge in [-0.25, -0.2) is 4.39 Å². The molecular weight excluding hydrogens is 239 g/mol. The average Bonchev–Trinajstić information content (AvgIpc) is 2.45. The number of nitrogens with zero attached hydrogens (tertiary/aromatic N) is 1. The highest BCUT2D eigenvalue weighted by molar-refractivity contribution is 5.49. The molecule has 1 aromatic rings. The van der Waals surface area contributed by atoms with Crippen LogP contribution in [0.25, 0.3) is 0 Å². The molecule has 106 valence electrons. The Labute approximate surface area is 116 Å². The highest BCUT2D eigenvalue weighted by Gasteiger charge is 2.20. The summed E-state index contributed by atoms with van der Waals surface area (Å²) in [5, 5.41) is 3.23. The summed E-state index contributed by atoms with van der Waals surface area (Å²) in [6, 6.07) is 5.66. The van der Waals surface area contributed by atoms with Gasteiger partial charge in [0.25, 0.3) is 0 Å². The van der Waals surface area contributed by atoms with Crippen molar-refractivity contribution in [3.63, 3.8) is 0 Å². The lowest BCUT2D eigenvalue weighted by Crippen LogP contribution is -2.35. The Morgan fingerprint density at radius 3 is 2.89 bits per heavy atom. The smallest absolute Gasteiger partial charge is 0.146 e. The first-order valence-electron chi connectivity index (χ1n) is 7.48. The molecule has 1 saturated heterocycles. The van der Waals surface area contributed by atoms with E-state index in [1.165, 1.54) is 19.3 Å². The minimum absolute atomic E-state index is 0.0767. The van der Waals surface area contributed by atoms with Crippen molar-refractivity contribution >= 4 is 5.69 Å². The van der Waals surface area contributed by atoms with Crippen LogP contribution in [0.15, 0.2) is 18.2 Å². The van der Waals surface area contributed by atoms with Crippen molar-refractivity contribution in [1.29, 1.82) is 0 Å². The zero-order valence-corrected chi connectivity index (χ0v) is 12.1. The SMILES string of the molecule is CCNCc1ccc(N2CCCC(CC)C2)c(F)c1. The minimum Gasteiger partial charge on any atom is -0.369 e. The highest BCUT2D eigenvalue weighted by Crippen LogP contribution is 2.27. The summed E-state index contributed by atoms with van der Waals surface area (Å²) in [4.78, 5) is 2.21. The van der Waals surface area contributed by atoms with E-state index in [2.05, 4.69) is 24.1 Å². The molecule has 19 heavy (non-hydrogen) atoms. The maximum absolute atomic E-state index is 14.2. The molecule has 1 unspecified atom stereocenters. The van der Waals surface area contributed by atoms with Gasteiger partial charge in [-0.05, 0) is 43.0 Å². The first-order chi connectivity index (χ1) is 9.24. The Bertz CT molecular complexity index is 406. The molecule has 0 bridgehead atoms. The van der Waals surface area contributed by atoms with Crippen LogP contribution in [0.4, 0.5) is 10.1 Å². The van der Waals surface area contributed by atoms with E-state index in [4.69, 9.17) is 0 Å². The maximum Gasteiger partial charge on any atom is 0.146 e. The number of halogens is 1.